The van der Waals surface area contributed by atoms with E-state index in [4.69, 9.17) is 11.6 Å². The Morgan fingerprint density at radius 2 is 1.42 bits per heavy atom. The zero-order valence-corrected chi connectivity index (χ0v) is 19.9. The molecular formula is C27H15ClN2O5S. The van der Waals surface area contributed by atoms with E-state index in [1.807, 2.05) is 12.1 Å². The van der Waals surface area contributed by atoms with Gasteiger partial charge in [-0.05, 0) is 65.7 Å². The Balaban J connectivity index is 1.30. The predicted molar refractivity (Wildman–Crippen MR) is 135 cm³/mol. The normalized spacial score (nSPS) is 14.9. The maximum absolute atomic E-state index is 13.2. The Hall–Kier alpha value is -4.27. The number of sulfonamides is 1. The van der Waals surface area contributed by atoms with Crippen LogP contribution in [0.2, 0.25) is 5.02 Å². The summed E-state index contributed by atoms with van der Waals surface area (Å²) in [6, 6.07) is 22.1. The van der Waals surface area contributed by atoms with Crippen LogP contribution in [-0.2, 0) is 10.0 Å². The second-order valence-electron chi connectivity index (χ2n) is 8.35. The molecule has 2 aliphatic rings. The van der Waals surface area contributed by atoms with Crippen LogP contribution in [0.3, 0.4) is 0 Å². The maximum atomic E-state index is 13.2. The van der Waals surface area contributed by atoms with Crippen molar-refractivity contribution in [3.8, 4) is 11.1 Å². The largest absolute Gasteiger partial charge is 0.322 e. The number of hydrogen-bond donors (Lipinski definition) is 1. The number of carbonyl (C=O) groups is 3. The molecule has 176 valence electrons. The van der Waals surface area contributed by atoms with Gasteiger partial charge in [-0.3, -0.25) is 14.4 Å². The average molecular weight is 515 g/mol. The van der Waals surface area contributed by atoms with Gasteiger partial charge in [-0.2, -0.15) is 4.31 Å². The van der Waals surface area contributed by atoms with Gasteiger partial charge in [0.2, 0.25) is 0 Å². The number of amides is 2. The summed E-state index contributed by atoms with van der Waals surface area (Å²) in [4.78, 5) is 38.4. The lowest BCUT2D eigenvalue weighted by Crippen LogP contribution is -2.29. The molecule has 0 radical (unpaired) electrons. The van der Waals surface area contributed by atoms with Gasteiger partial charge < -0.3 is 5.32 Å². The van der Waals surface area contributed by atoms with Crippen LogP contribution in [0.1, 0.15) is 36.6 Å². The Morgan fingerprint density at radius 3 is 2.17 bits per heavy atom. The van der Waals surface area contributed by atoms with Crippen LogP contribution in [0.4, 0.5) is 11.4 Å². The minimum Gasteiger partial charge on any atom is -0.322 e. The Morgan fingerprint density at radius 1 is 0.750 bits per heavy atom. The van der Waals surface area contributed by atoms with Crippen molar-refractivity contribution in [3.05, 3.63) is 112 Å². The van der Waals surface area contributed by atoms with Gasteiger partial charge in [0.25, 0.3) is 21.8 Å². The molecule has 1 aliphatic carbocycles. The molecule has 36 heavy (non-hydrogen) atoms. The van der Waals surface area contributed by atoms with E-state index in [0.29, 0.717) is 26.1 Å². The molecule has 1 heterocycles. The second-order valence-corrected chi connectivity index (χ2v) is 10.5. The zero-order chi connectivity index (χ0) is 25.2. The monoisotopic (exact) mass is 514 g/mol. The van der Waals surface area contributed by atoms with Crippen molar-refractivity contribution in [2.45, 2.75) is 4.90 Å². The highest BCUT2D eigenvalue weighted by atomic mass is 35.5. The third kappa shape index (κ3) is 3.26. The third-order valence-electron chi connectivity index (χ3n) is 6.22. The van der Waals surface area contributed by atoms with Crippen LogP contribution in [0.15, 0.2) is 89.8 Å². The molecule has 0 atom stereocenters. The van der Waals surface area contributed by atoms with Gasteiger partial charge in [0.15, 0.2) is 5.78 Å². The van der Waals surface area contributed by atoms with Gasteiger partial charge in [0, 0.05) is 27.4 Å². The molecule has 1 aliphatic heterocycles. The van der Waals surface area contributed by atoms with Crippen molar-refractivity contribution in [1.29, 1.82) is 0 Å². The van der Waals surface area contributed by atoms with Crippen LogP contribution in [0, 0.1) is 0 Å². The van der Waals surface area contributed by atoms with Gasteiger partial charge in [0.1, 0.15) is 4.90 Å². The van der Waals surface area contributed by atoms with E-state index in [-0.39, 0.29) is 27.5 Å². The number of nitrogens with one attached hydrogen (secondary N) is 1. The van der Waals surface area contributed by atoms with Crippen molar-refractivity contribution < 1.29 is 22.8 Å². The molecule has 0 saturated heterocycles. The van der Waals surface area contributed by atoms with Gasteiger partial charge in [0.05, 0.1) is 11.3 Å². The van der Waals surface area contributed by atoms with Crippen LogP contribution in [0.25, 0.3) is 11.1 Å². The minimum atomic E-state index is -4.22. The zero-order valence-electron chi connectivity index (χ0n) is 18.4. The smallest absolute Gasteiger partial charge is 0.273 e. The fourth-order valence-electron chi connectivity index (χ4n) is 4.51. The number of nitrogens with zero attached hydrogens (tertiary/aromatic N) is 1. The molecule has 0 spiro atoms. The van der Waals surface area contributed by atoms with Crippen LogP contribution < -0.4 is 9.62 Å². The lowest BCUT2D eigenvalue weighted by molar-refractivity contribution is 0.100. The number of anilines is 2. The highest BCUT2D eigenvalue weighted by Crippen LogP contribution is 2.38. The molecule has 0 saturated carbocycles. The molecule has 9 heteroatoms. The first kappa shape index (κ1) is 22.2. The summed E-state index contributed by atoms with van der Waals surface area (Å²) in [5.74, 6) is -1.41. The highest BCUT2D eigenvalue weighted by molar-refractivity contribution is 7.94. The molecule has 0 unspecified atom stereocenters. The number of fused-ring (bicyclic) bond motifs is 4. The summed E-state index contributed by atoms with van der Waals surface area (Å²) in [7, 11) is -4.22. The number of benzene rings is 4. The lowest BCUT2D eigenvalue weighted by atomic mass is 10.1. The van der Waals surface area contributed by atoms with E-state index < -0.39 is 21.8 Å². The minimum absolute atomic E-state index is 0.0256. The number of ketones is 1. The summed E-state index contributed by atoms with van der Waals surface area (Å²) in [6.07, 6.45) is 0. The van der Waals surface area contributed by atoms with Gasteiger partial charge in [-0.25, -0.2) is 8.42 Å². The highest BCUT2D eigenvalue weighted by Gasteiger charge is 2.42. The van der Waals surface area contributed by atoms with Gasteiger partial charge in [-0.1, -0.05) is 41.9 Å². The Bertz CT molecular complexity index is 1750. The Labute approximate surface area is 211 Å². The fraction of sp³-hybridized carbons (Fsp3) is 0. The van der Waals surface area contributed by atoms with E-state index >= 15 is 0 Å². The van der Waals surface area contributed by atoms with E-state index in [1.165, 1.54) is 42.5 Å². The molecular weight excluding hydrogens is 500 g/mol. The lowest BCUT2D eigenvalue weighted by Gasteiger charge is -2.15. The topological polar surface area (TPSA) is 101 Å². The summed E-state index contributed by atoms with van der Waals surface area (Å²) in [6.45, 7) is 0. The molecule has 4 aromatic carbocycles. The first-order valence-corrected chi connectivity index (χ1v) is 12.7. The summed E-state index contributed by atoms with van der Waals surface area (Å²) < 4.78 is 27.1. The predicted octanol–water partition coefficient (Wildman–Crippen LogP) is 5.15. The van der Waals surface area contributed by atoms with Crippen molar-refractivity contribution in [1.82, 2.24) is 0 Å². The fourth-order valence-corrected chi connectivity index (χ4v) is 6.26. The summed E-state index contributed by atoms with van der Waals surface area (Å²) >= 11 is 5.88. The molecule has 6 rings (SSSR count). The first-order valence-electron chi connectivity index (χ1n) is 10.8. The van der Waals surface area contributed by atoms with Crippen molar-refractivity contribution >= 4 is 50.6 Å². The van der Waals surface area contributed by atoms with Crippen LogP contribution in [-0.4, -0.2) is 26.0 Å². The molecule has 7 nitrogen and oxygen atoms in total. The summed E-state index contributed by atoms with van der Waals surface area (Å²) in [5, 5.41) is 3.11. The van der Waals surface area contributed by atoms with Crippen LogP contribution >= 0.6 is 11.6 Å². The molecule has 1 N–H and O–H groups in total. The van der Waals surface area contributed by atoms with Crippen LogP contribution in [0.5, 0.6) is 0 Å². The molecule has 0 bridgehead atoms. The maximum Gasteiger partial charge on any atom is 0.273 e. The van der Waals surface area contributed by atoms with Crippen molar-refractivity contribution in [3.63, 3.8) is 0 Å². The summed E-state index contributed by atoms with van der Waals surface area (Å²) in [5.41, 5.74) is 3.29. The Kier molecular flexibility index (Phi) is 4.86. The van der Waals surface area contributed by atoms with Crippen molar-refractivity contribution in [2.24, 2.45) is 0 Å². The second kappa shape index (κ2) is 7.87. The third-order valence-corrected chi connectivity index (χ3v) is 8.22. The number of hydrogen-bond acceptors (Lipinski definition) is 5. The van der Waals surface area contributed by atoms with E-state index in [2.05, 4.69) is 5.32 Å². The van der Waals surface area contributed by atoms with Gasteiger partial charge >= 0.3 is 0 Å². The van der Waals surface area contributed by atoms with Gasteiger partial charge in [-0.15, -0.1) is 0 Å². The first-order chi connectivity index (χ1) is 17.3. The van der Waals surface area contributed by atoms with E-state index in [0.717, 1.165) is 11.1 Å². The van der Waals surface area contributed by atoms with E-state index in [9.17, 15) is 22.8 Å². The number of rotatable bonds is 3. The quantitative estimate of drug-likeness (QED) is 0.359. The molecule has 4 aromatic rings. The van der Waals surface area contributed by atoms with Crippen molar-refractivity contribution in [2.75, 3.05) is 9.62 Å². The molecule has 0 aromatic heterocycles. The molecule has 0 fully saturated rings. The number of halogens is 1. The van der Waals surface area contributed by atoms with E-state index in [1.54, 1.807) is 30.3 Å². The number of carbonyl (C=O) groups excluding carboxylic acids is 3. The SMILES string of the molecule is O=C(Nc1ccc2c(c1)C(=O)c1ccccc1-2)c1ccc2c(c1)S(=O)(=O)N(c1ccc(Cl)cc1)C2=O. The average Bonchev–Trinajstić information content (AvgIpc) is 3.27. The molecule has 2 amide bonds. The standard InChI is InChI=1S/C27H15ClN2O5S/c28-16-6-9-18(10-7-16)30-27(33)22-11-5-15(13-24(22)36(30,34)35)26(32)29-17-8-12-20-19-3-1-2-4-21(19)25(31)23(20)14-17/h1-14H,(H,29,32).